The molecule has 0 aliphatic heterocycles. The van der Waals surface area contributed by atoms with E-state index in [1.54, 1.807) is 6.07 Å². The summed E-state index contributed by atoms with van der Waals surface area (Å²) in [5.74, 6) is 0.0404. The van der Waals surface area contributed by atoms with Crippen LogP contribution in [0.5, 0.6) is 0 Å². The normalized spacial score (nSPS) is 10.8. The van der Waals surface area contributed by atoms with E-state index in [0.717, 1.165) is 28.0 Å². The number of aromatic nitrogens is 1. The van der Waals surface area contributed by atoms with Gasteiger partial charge in [-0.3, -0.25) is 9.78 Å². The molecule has 0 spiro atoms. The molecule has 2 heterocycles. The van der Waals surface area contributed by atoms with Gasteiger partial charge in [0.1, 0.15) is 5.58 Å². The van der Waals surface area contributed by atoms with Crippen molar-refractivity contribution >= 4 is 22.6 Å². The summed E-state index contributed by atoms with van der Waals surface area (Å²) in [6.07, 6.45) is 0. The highest BCUT2D eigenvalue weighted by Gasteiger charge is 2.15. The fraction of sp³-hybridized carbons (Fsp3) is 0.176. The third-order valence-corrected chi connectivity index (χ3v) is 3.41. The number of rotatable bonds is 2. The molecule has 0 atom stereocenters. The fourth-order valence-electron chi connectivity index (χ4n) is 2.48. The van der Waals surface area contributed by atoms with Crippen molar-refractivity contribution in [2.75, 3.05) is 5.32 Å². The minimum atomic E-state index is -0.261. The number of para-hydroxylation sites is 1. The van der Waals surface area contributed by atoms with E-state index in [-0.39, 0.29) is 5.91 Å². The second-order valence-corrected chi connectivity index (χ2v) is 5.14. The highest BCUT2D eigenvalue weighted by atomic mass is 16.3. The predicted molar refractivity (Wildman–Crippen MR) is 82.6 cm³/mol. The molecule has 0 saturated carbocycles. The number of hydrogen-bond acceptors (Lipinski definition) is 3. The van der Waals surface area contributed by atoms with Gasteiger partial charge in [0.2, 0.25) is 0 Å². The molecule has 106 valence electrons. The fourth-order valence-corrected chi connectivity index (χ4v) is 2.48. The number of aryl methyl sites for hydroxylation is 3. The van der Waals surface area contributed by atoms with Gasteiger partial charge in [0.25, 0.3) is 5.91 Å². The van der Waals surface area contributed by atoms with E-state index in [0.29, 0.717) is 11.3 Å². The molecular formula is C17H16N2O2. The Morgan fingerprint density at radius 2 is 1.90 bits per heavy atom. The first-order valence-corrected chi connectivity index (χ1v) is 6.79. The molecule has 0 aliphatic carbocycles. The Kier molecular flexibility index (Phi) is 3.22. The minimum Gasteiger partial charge on any atom is -0.451 e. The monoisotopic (exact) mass is 280 g/mol. The first-order valence-electron chi connectivity index (χ1n) is 6.79. The first kappa shape index (κ1) is 13.4. The number of anilines is 1. The molecule has 1 aromatic carbocycles. The summed E-state index contributed by atoms with van der Waals surface area (Å²) < 4.78 is 5.57. The summed E-state index contributed by atoms with van der Waals surface area (Å²) in [6, 6.07) is 11.2. The number of nitrogens with zero attached hydrogens (tertiary/aromatic N) is 1. The summed E-state index contributed by atoms with van der Waals surface area (Å²) in [7, 11) is 0. The number of furan rings is 1. The van der Waals surface area contributed by atoms with Gasteiger partial charge in [-0.2, -0.15) is 0 Å². The van der Waals surface area contributed by atoms with Crippen molar-refractivity contribution in [3.8, 4) is 0 Å². The van der Waals surface area contributed by atoms with Gasteiger partial charge in [-0.25, -0.2) is 0 Å². The van der Waals surface area contributed by atoms with Gasteiger partial charge in [-0.15, -0.1) is 0 Å². The Hall–Kier alpha value is -2.62. The van der Waals surface area contributed by atoms with Crippen molar-refractivity contribution in [2.45, 2.75) is 20.8 Å². The lowest BCUT2D eigenvalue weighted by Gasteiger charge is -2.10. The molecule has 0 saturated heterocycles. The molecule has 4 nitrogen and oxygen atoms in total. The Morgan fingerprint density at radius 1 is 1.14 bits per heavy atom. The molecule has 1 N–H and O–H groups in total. The van der Waals surface area contributed by atoms with E-state index in [1.165, 1.54) is 0 Å². The zero-order valence-electron chi connectivity index (χ0n) is 12.2. The average molecular weight is 280 g/mol. The largest absolute Gasteiger partial charge is 0.451 e. The van der Waals surface area contributed by atoms with Crippen molar-refractivity contribution < 1.29 is 9.21 Å². The third kappa shape index (κ3) is 2.52. The van der Waals surface area contributed by atoms with E-state index in [2.05, 4.69) is 10.3 Å². The lowest BCUT2D eigenvalue weighted by atomic mass is 10.1. The summed E-state index contributed by atoms with van der Waals surface area (Å²) in [5.41, 5.74) is 4.18. The summed E-state index contributed by atoms with van der Waals surface area (Å²) in [5, 5.41) is 3.80. The van der Waals surface area contributed by atoms with E-state index in [9.17, 15) is 4.79 Å². The van der Waals surface area contributed by atoms with E-state index >= 15 is 0 Å². The molecule has 0 unspecified atom stereocenters. The molecule has 0 bridgehead atoms. The Morgan fingerprint density at radius 3 is 2.62 bits per heavy atom. The molecule has 4 heteroatoms. The molecule has 0 aliphatic rings. The summed E-state index contributed by atoms with van der Waals surface area (Å²) in [4.78, 5) is 16.7. The van der Waals surface area contributed by atoms with Crippen molar-refractivity contribution in [2.24, 2.45) is 0 Å². The molecule has 3 aromatic rings. The highest BCUT2D eigenvalue weighted by molar-refractivity contribution is 6.05. The van der Waals surface area contributed by atoms with Crippen molar-refractivity contribution in [3.63, 3.8) is 0 Å². The molecule has 2 aromatic heterocycles. The molecule has 3 rings (SSSR count). The lowest BCUT2D eigenvalue weighted by molar-refractivity contribution is 0.0998. The van der Waals surface area contributed by atoms with Crippen LogP contribution < -0.4 is 5.32 Å². The number of hydrogen-bond donors (Lipinski definition) is 1. The van der Waals surface area contributed by atoms with Gasteiger partial charge < -0.3 is 9.73 Å². The number of fused-ring (bicyclic) bond motifs is 1. The predicted octanol–water partition coefficient (Wildman–Crippen LogP) is 4.01. The van der Waals surface area contributed by atoms with Gasteiger partial charge in [0, 0.05) is 11.1 Å². The van der Waals surface area contributed by atoms with Crippen LogP contribution in [0.15, 0.2) is 40.8 Å². The molecular weight excluding hydrogens is 264 g/mol. The number of amides is 1. The van der Waals surface area contributed by atoms with Gasteiger partial charge in [-0.05, 0) is 44.5 Å². The van der Waals surface area contributed by atoms with Crippen LogP contribution in [0.1, 0.15) is 27.5 Å². The van der Waals surface area contributed by atoms with E-state index in [1.807, 2.05) is 51.1 Å². The van der Waals surface area contributed by atoms with Crippen LogP contribution in [0.25, 0.3) is 11.0 Å². The van der Waals surface area contributed by atoms with E-state index < -0.39 is 0 Å². The van der Waals surface area contributed by atoms with Crippen molar-refractivity contribution in [1.82, 2.24) is 4.98 Å². The van der Waals surface area contributed by atoms with Crippen molar-refractivity contribution in [3.05, 3.63) is 59.1 Å². The van der Waals surface area contributed by atoms with Crippen LogP contribution in [-0.4, -0.2) is 10.9 Å². The van der Waals surface area contributed by atoms with Crippen molar-refractivity contribution in [1.29, 1.82) is 0 Å². The molecule has 0 radical (unpaired) electrons. The Labute approximate surface area is 122 Å². The highest BCUT2D eigenvalue weighted by Crippen LogP contribution is 2.23. The number of benzene rings is 1. The number of nitrogens with one attached hydrogen (secondary N) is 1. The number of carbonyl (C=O) groups is 1. The van der Waals surface area contributed by atoms with Crippen LogP contribution in [0.3, 0.4) is 0 Å². The number of carbonyl (C=O) groups excluding carboxylic acids is 1. The average Bonchev–Trinajstić information content (AvgIpc) is 2.86. The first-order chi connectivity index (χ1) is 10.0. The maximum absolute atomic E-state index is 12.3. The quantitative estimate of drug-likeness (QED) is 0.771. The number of pyridine rings is 1. The smallest absolute Gasteiger partial charge is 0.291 e. The van der Waals surface area contributed by atoms with Gasteiger partial charge in [0.05, 0.1) is 11.4 Å². The maximum atomic E-state index is 12.3. The minimum absolute atomic E-state index is 0.261. The second kappa shape index (κ2) is 5.05. The van der Waals surface area contributed by atoms with Crippen LogP contribution in [0, 0.1) is 20.8 Å². The van der Waals surface area contributed by atoms with Crippen LogP contribution in [-0.2, 0) is 0 Å². The summed E-state index contributed by atoms with van der Waals surface area (Å²) >= 11 is 0. The molecule has 1 amide bonds. The second-order valence-electron chi connectivity index (χ2n) is 5.14. The Bertz CT molecular complexity index is 778. The lowest BCUT2D eigenvalue weighted by Crippen LogP contribution is -2.13. The van der Waals surface area contributed by atoms with Crippen LogP contribution >= 0.6 is 0 Å². The van der Waals surface area contributed by atoms with Gasteiger partial charge in [-0.1, -0.05) is 18.2 Å². The van der Waals surface area contributed by atoms with Gasteiger partial charge >= 0.3 is 0 Å². The maximum Gasteiger partial charge on any atom is 0.291 e. The standard InChI is InChI=1S/C17H16N2O2/c1-10-8-11(2)18-12(3)16(10)19-17(20)15-9-13-6-4-5-7-14(13)21-15/h4-9H,1-3H3,(H,19,20). The van der Waals surface area contributed by atoms with E-state index in [4.69, 9.17) is 4.42 Å². The zero-order valence-corrected chi connectivity index (χ0v) is 12.2. The topological polar surface area (TPSA) is 55.1 Å². The SMILES string of the molecule is Cc1cc(C)c(NC(=O)c2cc3ccccc3o2)c(C)n1. The van der Waals surface area contributed by atoms with Crippen LogP contribution in [0.4, 0.5) is 5.69 Å². The van der Waals surface area contributed by atoms with Gasteiger partial charge in [0.15, 0.2) is 5.76 Å². The van der Waals surface area contributed by atoms with Crippen LogP contribution in [0.2, 0.25) is 0 Å². The third-order valence-electron chi connectivity index (χ3n) is 3.41. The molecule has 21 heavy (non-hydrogen) atoms. The Balaban J connectivity index is 1.93. The summed E-state index contributed by atoms with van der Waals surface area (Å²) in [6.45, 7) is 5.77. The zero-order chi connectivity index (χ0) is 15.0. The molecule has 0 fully saturated rings.